The van der Waals surface area contributed by atoms with Gasteiger partial charge in [0.25, 0.3) is 0 Å². The van der Waals surface area contributed by atoms with E-state index >= 15 is 0 Å². The quantitative estimate of drug-likeness (QED) is 0.627. The first kappa shape index (κ1) is 13.7. The van der Waals surface area contributed by atoms with Crippen LogP contribution in [-0.2, 0) is 11.2 Å². The van der Waals surface area contributed by atoms with Crippen molar-refractivity contribution in [3.63, 3.8) is 0 Å². The van der Waals surface area contributed by atoms with E-state index in [0.717, 1.165) is 17.3 Å². The third-order valence-electron chi connectivity index (χ3n) is 3.40. The van der Waals surface area contributed by atoms with Crippen LogP contribution in [0.2, 0.25) is 0 Å². The molecule has 0 atom stereocenters. The van der Waals surface area contributed by atoms with E-state index in [4.69, 9.17) is 4.74 Å². The average Bonchev–Trinajstić information content (AvgIpc) is 2.84. The first-order valence-corrected chi connectivity index (χ1v) is 6.94. The number of hydrogen-bond acceptors (Lipinski definition) is 2. The number of benzene rings is 1. The number of aromatic nitrogens is 1. The fraction of sp³-hybridized carbons (Fsp3) is 0.438. The van der Waals surface area contributed by atoms with Crippen LogP contribution in [0.25, 0.3) is 10.9 Å². The molecular weight excluding hydrogens is 238 g/mol. The van der Waals surface area contributed by atoms with Crippen LogP contribution in [0.5, 0.6) is 0 Å². The molecule has 2 aromatic rings. The highest BCUT2D eigenvalue weighted by Gasteiger charge is 2.07. The standard InChI is InChI=1S/C16H21NO2/c1-3-4-5-6-7-14-11-13-10-12(16(18)19-2)8-9-15(13)17-14/h8-11,17H,3-7H2,1-2H3. The van der Waals surface area contributed by atoms with Crippen molar-refractivity contribution in [3.8, 4) is 0 Å². The van der Waals surface area contributed by atoms with Crippen LogP contribution in [0.15, 0.2) is 24.3 Å². The lowest BCUT2D eigenvalue weighted by molar-refractivity contribution is 0.0601. The summed E-state index contributed by atoms with van der Waals surface area (Å²) in [5.74, 6) is -0.285. The van der Waals surface area contributed by atoms with E-state index in [1.807, 2.05) is 12.1 Å². The van der Waals surface area contributed by atoms with Gasteiger partial charge in [0.15, 0.2) is 0 Å². The number of esters is 1. The molecule has 0 radical (unpaired) electrons. The fourth-order valence-electron chi connectivity index (χ4n) is 2.31. The van der Waals surface area contributed by atoms with Gasteiger partial charge >= 0.3 is 5.97 Å². The summed E-state index contributed by atoms with van der Waals surface area (Å²) in [7, 11) is 1.41. The first-order valence-electron chi connectivity index (χ1n) is 6.94. The minimum atomic E-state index is -0.285. The molecule has 3 nitrogen and oxygen atoms in total. The molecule has 0 fully saturated rings. The predicted molar refractivity (Wildman–Crippen MR) is 77.5 cm³/mol. The number of carbonyl (C=O) groups excluding carboxylic acids is 1. The maximum absolute atomic E-state index is 11.5. The zero-order valence-corrected chi connectivity index (χ0v) is 11.7. The second-order valence-electron chi connectivity index (χ2n) is 4.90. The maximum atomic E-state index is 11.5. The van der Waals surface area contributed by atoms with Crippen molar-refractivity contribution in [2.75, 3.05) is 7.11 Å². The summed E-state index contributed by atoms with van der Waals surface area (Å²) in [4.78, 5) is 14.9. The summed E-state index contributed by atoms with van der Waals surface area (Å²) in [6, 6.07) is 7.75. The SMILES string of the molecule is CCCCCCc1cc2cc(C(=O)OC)ccc2[nH]1. The van der Waals surface area contributed by atoms with Crippen molar-refractivity contribution in [3.05, 3.63) is 35.5 Å². The number of aromatic amines is 1. The number of hydrogen-bond donors (Lipinski definition) is 1. The molecule has 0 saturated heterocycles. The number of rotatable bonds is 6. The molecule has 1 heterocycles. The topological polar surface area (TPSA) is 42.1 Å². The molecule has 0 spiro atoms. The van der Waals surface area contributed by atoms with E-state index < -0.39 is 0 Å². The van der Waals surface area contributed by atoms with Gasteiger partial charge in [-0.15, -0.1) is 0 Å². The van der Waals surface area contributed by atoms with Crippen molar-refractivity contribution in [1.82, 2.24) is 4.98 Å². The molecule has 19 heavy (non-hydrogen) atoms. The van der Waals surface area contributed by atoms with Crippen LogP contribution in [0.4, 0.5) is 0 Å². The Kier molecular flexibility index (Phi) is 4.61. The van der Waals surface area contributed by atoms with Crippen LogP contribution in [0.1, 0.15) is 48.7 Å². The lowest BCUT2D eigenvalue weighted by atomic mass is 10.1. The van der Waals surface area contributed by atoms with Gasteiger partial charge in [0.05, 0.1) is 12.7 Å². The molecule has 1 aromatic carbocycles. The number of methoxy groups -OCH3 is 1. The first-order chi connectivity index (χ1) is 9.24. The summed E-state index contributed by atoms with van der Waals surface area (Å²) in [5, 5.41) is 1.08. The molecule has 1 N–H and O–H groups in total. The molecule has 0 amide bonds. The van der Waals surface area contributed by atoms with Gasteiger partial charge < -0.3 is 9.72 Å². The summed E-state index contributed by atoms with van der Waals surface area (Å²) in [6.07, 6.45) is 6.12. The van der Waals surface area contributed by atoms with Gasteiger partial charge in [-0.3, -0.25) is 0 Å². The number of ether oxygens (including phenoxy) is 1. The van der Waals surface area contributed by atoms with E-state index in [2.05, 4.69) is 18.0 Å². The Morgan fingerprint density at radius 2 is 2.05 bits per heavy atom. The summed E-state index contributed by atoms with van der Waals surface area (Å²) < 4.78 is 4.73. The van der Waals surface area contributed by atoms with Gasteiger partial charge in [0.1, 0.15) is 0 Å². The van der Waals surface area contributed by atoms with E-state index in [1.165, 1.54) is 38.5 Å². The van der Waals surface area contributed by atoms with Gasteiger partial charge in [-0.2, -0.15) is 0 Å². The van der Waals surface area contributed by atoms with Crippen LogP contribution in [-0.4, -0.2) is 18.1 Å². The highest BCUT2D eigenvalue weighted by Crippen LogP contribution is 2.19. The molecule has 0 aliphatic heterocycles. The second-order valence-corrected chi connectivity index (χ2v) is 4.90. The normalized spacial score (nSPS) is 10.8. The fourth-order valence-corrected chi connectivity index (χ4v) is 2.31. The van der Waals surface area contributed by atoms with Crippen LogP contribution in [0, 0.1) is 0 Å². The zero-order valence-electron chi connectivity index (χ0n) is 11.7. The molecule has 2 rings (SSSR count). The smallest absolute Gasteiger partial charge is 0.337 e. The highest BCUT2D eigenvalue weighted by atomic mass is 16.5. The van der Waals surface area contributed by atoms with Gasteiger partial charge in [-0.25, -0.2) is 4.79 Å². The summed E-state index contributed by atoms with van der Waals surface area (Å²) in [5.41, 5.74) is 2.93. The molecule has 0 unspecified atom stereocenters. The van der Waals surface area contributed by atoms with Crippen LogP contribution < -0.4 is 0 Å². The number of H-pyrrole nitrogens is 1. The molecule has 0 aliphatic rings. The van der Waals surface area contributed by atoms with E-state index in [0.29, 0.717) is 5.56 Å². The van der Waals surface area contributed by atoms with Crippen molar-refractivity contribution in [1.29, 1.82) is 0 Å². The maximum Gasteiger partial charge on any atom is 0.337 e. The molecule has 1 aromatic heterocycles. The Hall–Kier alpha value is -1.77. The molecule has 0 saturated carbocycles. The monoisotopic (exact) mass is 259 g/mol. The Balaban J connectivity index is 2.09. The zero-order chi connectivity index (χ0) is 13.7. The van der Waals surface area contributed by atoms with E-state index in [9.17, 15) is 4.79 Å². The van der Waals surface area contributed by atoms with Crippen molar-refractivity contribution in [2.24, 2.45) is 0 Å². The summed E-state index contributed by atoms with van der Waals surface area (Å²) >= 11 is 0. The molecule has 0 bridgehead atoms. The summed E-state index contributed by atoms with van der Waals surface area (Å²) in [6.45, 7) is 2.22. The van der Waals surface area contributed by atoms with Crippen molar-refractivity contribution >= 4 is 16.9 Å². The minimum absolute atomic E-state index is 0.285. The number of unbranched alkanes of at least 4 members (excludes halogenated alkanes) is 3. The van der Waals surface area contributed by atoms with Gasteiger partial charge in [-0.1, -0.05) is 26.2 Å². The second kappa shape index (κ2) is 6.41. The Labute approximate surface area is 114 Å². The lowest BCUT2D eigenvalue weighted by Gasteiger charge is -1.98. The van der Waals surface area contributed by atoms with Crippen molar-refractivity contribution in [2.45, 2.75) is 39.0 Å². The average molecular weight is 259 g/mol. The third-order valence-corrected chi connectivity index (χ3v) is 3.40. The predicted octanol–water partition coefficient (Wildman–Crippen LogP) is 4.08. The Morgan fingerprint density at radius 3 is 2.79 bits per heavy atom. The minimum Gasteiger partial charge on any atom is -0.465 e. The Bertz CT molecular complexity index is 557. The molecule has 0 aliphatic carbocycles. The number of carbonyl (C=O) groups is 1. The van der Waals surface area contributed by atoms with Crippen LogP contribution in [0.3, 0.4) is 0 Å². The highest BCUT2D eigenvalue weighted by molar-refractivity contribution is 5.94. The number of nitrogens with one attached hydrogen (secondary N) is 1. The lowest BCUT2D eigenvalue weighted by Crippen LogP contribution is -2.00. The van der Waals surface area contributed by atoms with Crippen molar-refractivity contribution < 1.29 is 9.53 Å². The third kappa shape index (κ3) is 3.37. The van der Waals surface area contributed by atoms with Crippen LogP contribution >= 0.6 is 0 Å². The molecule has 3 heteroatoms. The van der Waals surface area contributed by atoms with E-state index in [1.54, 1.807) is 6.07 Å². The molecular formula is C16H21NO2. The van der Waals surface area contributed by atoms with Gasteiger partial charge in [0.2, 0.25) is 0 Å². The Morgan fingerprint density at radius 1 is 1.21 bits per heavy atom. The van der Waals surface area contributed by atoms with E-state index in [-0.39, 0.29) is 5.97 Å². The number of aryl methyl sites for hydroxylation is 1. The number of fused-ring (bicyclic) bond motifs is 1. The van der Waals surface area contributed by atoms with Gasteiger partial charge in [-0.05, 0) is 37.1 Å². The molecule has 102 valence electrons. The largest absolute Gasteiger partial charge is 0.465 e. The van der Waals surface area contributed by atoms with Gasteiger partial charge in [0, 0.05) is 16.6 Å².